The predicted octanol–water partition coefficient (Wildman–Crippen LogP) is 1.73. The fraction of sp³-hybridized carbons (Fsp3) is 0.333. The van der Waals surface area contributed by atoms with Crippen molar-refractivity contribution < 1.29 is 14.3 Å². The maximum absolute atomic E-state index is 12.9. The lowest BCUT2D eigenvalue weighted by Gasteiger charge is -2.14. The number of aromatic nitrogens is 2. The van der Waals surface area contributed by atoms with Crippen molar-refractivity contribution in [2.45, 2.75) is 32.7 Å². The number of hydrogen-bond acceptors (Lipinski definition) is 3. The number of halogens is 1. The maximum Gasteiger partial charge on any atom is 0.123 e. The van der Waals surface area contributed by atoms with E-state index in [1.165, 1.54) is 22.9 Å². The molecule has 4 nitrogen and oxygen atoms in total. The predicted molar refractivity (Wildman–Crippen MR) is 70.8 cm³/mol. The molecule has 5 heteroatoms. The van der Waals surface area contributed by atoms with Gasteiger partial charge in [-0.25, -0.2) is 4.39 Å². The first-order chi connectivity index (χ1) is 9.27. The molecule has 2 aromatic rings. The number of carbonyl (C=O) groups is 1. The summed E-state index contributed by atoms with van der Waals surface area (Å²) in [5.74, 6) is -1.60. The van der Waals surface area contributed by atoms with Crippen LogP contribution in [-0.4, -0.2) is 15.7 Å². The van der Waals surface area contributed by atoms with Gasteiger partial charge in [-0.3, -0.25) is 4.68 Å². The van der Waals surface area contributed by atoms with E-state index in [-0.39, 0.29) is 23.5 Å². The molecule has 0 atom stereocenters. The molecule has 1 heterocycles. The van der Waals surface area contributed by atoms with Gasteiger partial charge in [0.1, 0.15) is 5.82 Å². The van der Waals surface area contributed by atoms with Crippen LogP contribution in [0.5, 0.6) is 0 Å². The molecule has 0 amide bonds. The number of carboxylic acid groups (broad SMARTS) is 1. The minimum absolute atomic E-state index is 0.0271. The van der Waals surface area contributed by atoms with Crippen molar-refractivity contribution in [3.63, 3.8) is 0 Å². The smallest absolute Gasteiger partial charge is 0.123 e. The van der Waals surface area contributed by atoms with E-state index >= 15 is 0 Å². The fourth-order valence-electron chi connectivity index (χ4n) is 1.83. The molecule has 0 unspecified atom stereocenters. The molecular weight excluding hydrogens is 259 g/mol. The second-order valence-corrected chi connectivity index (χ2v) is 5.74. The minimum Gasteiger partial charge on any atom is -0.543 e. The molecule has 0 N–H and O–H groups in total. The zero-order valence-electron chi connectivity index (χ0n) is 11.7. The Bertz CT molecular complexity index is 624. The normalized spacial score (nSPS) is 11.6. The SMILES string of the molecule is CC(C)(C)c1cc(C(=O)[O-])n(Cc2ccc(F)cc2)n1. The molecule has 0 saturated carbocycles. The monoisotopic (exact) mass is 275 g/mol. The second-order valence-electron chi connectivity index (χ2n) is 5.74. The van der Waals surface area contributed by atoms with Gasteiger partial charge in [0.25, 0.3) is 0 Å². The van der Waals surface area contributed by atoms with Crippen LogP contribution in [0, 0.1) is 5.82 Å². The summed E-state index contributed by atoms with van der Waals surface area (Å²) in [7, 11) is 0. The Balaban J connectivity index is 2.37. The first-order valence-corrected chi connectivity index (χ1v) is 6.31. The van der Waals surface area contributed by atoms with Gasteiger partial charge in [0.2, 0.25) is 0 Å². The largest absolute Gasteiger partial charge is 0.543 e. The number of hydrogen-bond donors (Lipinski definition) is 0. The summed E-state index contributed by atoms with van der Waals surface area (Å²) >= 11 is 0. The van der Waals surface area contributed by atoms with Gasteiger partial charge in [-0.2, -0.15) is 5.10 Å². The van der Waals surface area contributed by atoms with E-state index < -0.39 is 5.97 Å². The lowest BCUT2D eigenvalue weighted by atomic mass is 9.92. The summed E-state index contributed by atoms with van der Waals surface area (Å²) in [6.45, 7) is 6.13. The molecule has 2 rings (SSSR count). The molecule has 0 bridgehead atoms. The number of carboxylic acids is 1. The summed E-state index contributed by atoms with van der Waals surface area (Å²) in [6, 6.07) is 7.41. The van der Waals surface area contributed by atoms with Crippen molar-refractivity contribution in [1.29, 1.82) is 0 Å². The molecule has 106 valence electrons. The van der Waals surface area contributed by atoms with Crippen LogP contribution in [0.3, 0.4) is 0 Å². The third kappa shape index (κ3) is 3.04. The van der Waals surface area contributed by atoms with Crippen molar-refractivity contribution in [3.05, 3.63) is 53.1 Å². The van der Waals surface area contributed by atoms with Gasteiger partial charge in [-0.15, -0.1) is 0 Å². The quantitative estimate of drug-likeness (QED) is 0.857. The third-order valence-electron chi connectivity index (χ3n) is 3.00. The summed E-state index contributed by atoms with van der Waals surface area (Å²) in [5, 5.41) is 15.5. The van der Waals surface area contributed by atoms with Crippen LogP contribution in [-0.2, 0) is 12.0 Å². The highest BCUT2D eigenvalue weighted by Crippen LogP contribution is 2.22. The van der Waals surface area contributed by atoms with Crippen LogP contribution in [0.1, 0.15) is 42.5 Å². The zero-order chi connectivity index (χ0) is 14.9. The Kier molecular flexibility index (Phi) is 3.61. The third-order valence-corrected chi connectivity index (χ3v) is 3.00. The number of aromatic carboxylic acids is 1. The van der Waals surface area contributed by atoms with Gasteiger partial charge >= 0.3 is 0 Å². The average Bonchev–Trinajstić information content (AvgIpc) is 2.76. The second kappa shape index (κ2) is 5.07. The van der Waals surface area contributed by atoms with Crippen LogP contribution in [0.15, 0.2) is 30.3 Å². The van der Waals surface area contributed by atoms with E-state index in [4.69, 9.17) is 0 Å². The fourth-order valence-corrected chi connectivity index (χ4v) is 1.83. The Hall–Kier alpha value is -2.17. The molecule has 1 aromatic carbocycles. The summed E-state index contributed by atoms with van der Waals surface area (Å²) in [6.07, 6.45) is 0. The van der Waals surface area contributed by atoms with Gasteiger partial charge in [0, 0.05) is 5.41 Å². The highest BCUT2D eigenvalue weighted by atomic mass is 19.1. The Labute approximate surface area is 116 Å². The molecule has 0 aliphatic rings. The first-order valence-electron chi connectivity index (χ1n) is 6.31. The number of carbonyl (C=O) groups excluding carboxylic acids is 1. The van der Waals surface area contributed by atoms with Gasteiger partial charge in [-0.1, -0.05) is 32.9 Å². The van der Waals surface area contributed by atoms with Crippen molar-refractivity contribution in [1.82, 2.24) is 9.78 Å². The van der Waals surface area contributed by atoms with Crippen molar-refractivity contribution in [3.8, 4) is 0 Å². The van der Waals surface area contributed by atoms with E-state index in [0.29, 0.717) is 5.69 Å². The number of benzene rings is 1. The van der Waals surface area contributed by atoms with Gasteiger partial charge < -0.3 is 9.90 Å². The Morgan fingerprint density at radius 2 is 1.90 bits per heavy atom. The van der Waals surface area contributed by atoms with E-state index in [9.17, 15) is 14.3 Å². The van der Waals surface area contributed by atoms with Crippen LogP contribution in [0.2, 0.25) is 0 Å². The minimum atomic E-state index is -1.27. The van der Waals surface area contributed by atoms with Crippen LogP contribution in [0.4, 0.5) is 4.39 Å². The van der Waals surface area contributed by atoms with Gasteiger partial charge in [0.05, 0.1) is 23.9 Å². The van der Waals surface area contributed by atoms with Gasteiger partial charge in [0.15, 0.2) is 0 Å². The van der Waals surface area contributed by atoms with Crippen molar-refractivity contribution >= 4 is 5.97 Å². The molecule has 0 fully saturated rings. The van der Waals surface area contributed by atoms with Crippen LogP contribution >= 0.6 is 0 Å². The Morgan fingerprint density at radius 1 is 1.30 bits per heavy atom. The van der Waals surface area contributed by atoms with E-state index in [1.54, 1.807) is 12.1 Å². The van der Waals surface area contributed by atoms with E-state index in [0.717, 1.165) is 5.56 Å². The van der Waals surface area contributed by atoms with Crippen molar-refractivity contribution in [2.24, 2.45) is 0 Å². The molecule has 0 aliphatic carbocycles. The maximum atomic E-state index is 12.9. The highest BCUT2D eigenvalue weighted by molar-refractivity contribution is 5.84. The standard InChI is InChI=1S/C15H17FN2O2/c1-15(2,3)13-8-12(14(19)20)18(17-13)9-10-4-6-11(16)7-5-10/h4-8H,9H2,1-3H3,(H,19,20)/p-1. The lowest BCUT2D eigenvalue weighted by Crippen LogP contribution is -2.26. The van der Waals surface area contributed by atoms with Crippen LogP contribution < -0.4 is 5.11 Å². The molecule has 0 saturated heterocycles. The average molecular weight is 275 g/mol. The Morgan fingerprint density at radius 3 is 2.40 bits per heavy atom. The first kappa shape index (κ1) is 14.2. The molecule has 0 aliphatic heterocycles. The molecular formula is C15H16FN2O2-. The summed E-state index contributed by atoms with van der Waals surface area (Å²) < 4.78 is 14.2. The number of nitrogens with zero attached hydrogens (tertiary/aromatic N) is 2. The molecule has 1 aromatic heterocycles. The zero-order valence-corrected chi connectivity index (χ0v) is 11.7. The molecule has 0 radical (unpaired) electrons. The van der Waals surface area contributed by atoms with Crippen molar-refractivity contribution in [2.75, 3.05) is 0 Å². The van der Waals surface area contributed by atoms with Gasteiger partial charge in [-0.05, 0) is 23.8 Å². The topological polar surface area (TPSA) is 57.9 Å². The van der Waals surface area contributed by atoms with E-state index in [2.05, 4.69) is 5.10 Å². The highest BCUT2D eigenvalue weighted by Gasteiger charge is 2.20. The van der Waals surface area contributed by atoms with E-state index in [1.807, 2.05) is 20.8 Å². The molecule has 0 spiro atoms. The number of rotatable bonds is 3. The van der Waals surface area contributed by atoms with Crippen LogP contribution in [0.25, 0.3) is 0 Å². The molecule has 20 heavy (non-hydrogen) atoms. The summed E-state index contributed by atoms with van der Waals surface area (Å²) in [5.41, 5.74) is 1.23. The summed E-state index contributed by atoms with van der Waals surface area (Å²) in [4.78, 5) is 11.2. The lowest BCUT2D eigenvalue weighted by molar-refractivity contribution is -0.255.